The largest absolute Gasteiger partial charge is 0.494 e. The van der Waals surface area contributed by atoms with E-state index in [1.165, 1.54) is 57.8 Å². The average molecular weight is 497 g/mol. The van der Waals surface area contributed by atoms with Crippen molar-refractivity contribution in [3.8, 4) is 5.75 Å². The summed E-state index contributed by atoms with van der Waals surface area (Å²) < 4.78 is 6.13. The van der Waals surface area contributed by atoms with Gasteiger partial charge in [0.05, 0.1) is 33.0 Å². The van der Waals surface area contributed by atoms with Crippen molar-refractivity contribution in [1.29, 1.82) is 0 Å². The number of benzene rings is 1. The van der Waals surface area contributed by atoms with Crippen molar-refractivity contribution >= 4 is 0 Å². The molecule has 204 valence electrons. The Kier molecular flexibility index (Phi) is 20.0. The zero-order valence-electron chi connectivity index (χ0n) is 22.2. The molecule has 4 N–H and O–H groups in total. The summed E-state index contributed by atoms with van der Waals surface area (Å²) >= 11 is 0. The molecule has 0 radical (unpaired) electrons. The molecule has 7 heteroatoms. The second kappa shape index (κ2) is 22.0. The van der Waals surface area contributed by atoms with Crippen molar-refractivity contribution in [2.45, 2.75) is 84.2 Å². The van der Waals surface area contributed by atoms with Crippen LogP contribution in [0.1, 0.15) is 82.3 Å². The molecule has 0 heterocycles. The van der Waals surface area contributed by atoms with E-state index in [9.17, 15) is 20.4 Å². The number of aliphatic hydroxyl groups excluding tert-OH is 4. The maximum Gasteiger partial charge on any atom is 0.119 e. The van der Waals surface area contributed by atoms with Crippen molar-refractivity contribution in [3.63, 3.8) is 0 Å². The van der Waals surface area contributed by atoms with E-state index in [0.717, 1.165) is 23.3 Å². The lowest BCUT2D eigenvalue weighted by Gasteiger charge is -2.23. The standard InChI is InChI=1S/C28H52N2O5/c1-2-3-4-5-6-7-8-9-10-11-20-35-28-22-26(24-29(12-16-31)13-17-32)21-27(23-28)25-30(14-18-33)15-19-34/h21-23,31-34H,2-20,24-25H2,1H3. The summed E-state index contributed by atoms with van der Waals surface area (Å²) in [5.41, 5.74) is 2.13. The highest BCUT2D eigenvalue weighted by molar-refractivity contribution is 5.34. The van der Waals surface area contributed by atoms with Crippen molar-refractivity contribution in [2.75, 3.05) is 59.2 Å². The first-order chi connectivity index (χ1) is 17.2. The monoisotopic (exact) mass is 496 g/mol. The highest BCUT2D eigenvalue weighted by atomic mass is 16.5. The molecule has 0 saturated heterocycles. The van der Waals surface area contributed by atoms with Gasteiger partial charge in [-0.1, -0.05) is 70.8 Å². The average Bonchev–Trinajstić information content (AvgIpc) is 2.83. The van der Waals surface area contributed by atoms with E-state index >= 15 is 0 Å². The minimum Gasteiger partial charge on any atom is -0.494 e. The van der Waals surface area contributed by atoms with Crippen LogP contribution in [0.5, 0.6) is 5.75 Å². The normalized spacial score (nSPS) is 11.6. The third kappa shape index (κ3) is 16.2. The molecule has 1 aromatic rings. The maximum absolute atomic E-state index is 9.35. The van der Waals surface area contributed by atoms with Crippen LogP contribution >= 0.6 is 0 Å². The molecule has 0 fully saturated rings. The van der Waals surface area contributed by atoms with Crippen LogP contribution in [-0.4, -0.2) is 89.4 Å². The molecule has 0 aliphatic heterocycles. The zero-order valence-corrected chi connectivity index (χ0v) is 22.2. The fourth-order valence-corrected chi connectivity index (χ4v) is 4.40. The third-order valence-electron chi connectivity index (χ3n) is 6.27. The van der Waals surface area contributed by atoms with Gasteiger partial charge in [-0.25, -0.2) is 0 Å². The van der Waals surface area contributed by atoms with Crippen LogP contribution in [0.15, 0.2) is 18.2 Å². The second-order valence-electron chi connectivity index (χ2n) is 9.46. The van der Waals surface area contributed by atoms with E-state index in [1.54, 1.807) is 0 Å². The van der Waals surface area contributed by atoms with Gasteiger partial charge in [-0.3, -0.25) is 9.80 Å². The van der Waals surface area contributed by atoms with Crippen molar-refractivity contribution in [1.82, 2.24) is 9.80 Å². The summed E-state index contributed by atoms with van der Waals surface area (Å²) in [5.74, 6) is 0.828. The molecular formula is C28H52N2O5. The van der Waals surface area contributed by atoms with Gasteiger partial charge in [0.1, 0.15) is 5.75 Å². The van der Waals surface area contributed by atoms with E-state index in [1.807, 2.05) is 21.9 Å². The molecule has 35 heavy (non-hydrogen) atoms. The second-order valence-corrected chi connectivity index (χ2v) is 9.46. The molecule has 0 aliphatic rings. The Morgan fingerprint density at radius 3 is 1.37 bits per heavy atom. The minimum atomic E-state index is 0.0442. The van der Waals surface area contributed by atoms with Crippen LogP contribution in [0.4, 0.5) is 0 Å². The number of unbranched alkanes of at least 4 members (excludes halogenated alkanes) is 9. The van der Waals surface area contributed by atoms with Gasteiger partial charge in [0.2, 0.25) is 0 Å². The molecule has 7 nitrogen and oxygen atoms in total. The van der Waals surface area contributed by atoms with Gasteiger partial charge < -0.3 is 25.2 Å². The van der Waals surface area contributed by atoms with Gasteiger partial charge in [-0.05, 0) is 29.7 Å². The van der Waals surface area contributed by atoms with E-state index in [-0.39, 0.29) is 26.4 Å². The SMILES string of the molecule is CCCCCCCCCCCCOc1cc(CN(CCO)CCO)cc(CN(CCO)CCO)c1. The summed E-state index contributed by atoms with van der Waals surface area (Å²) in [5, 5.41) is 37.4. The lowest BCUT2D eigenvalue weighted by Crippen LogP contribution is -2.30. The quantitative estimate of drug-likeness (QED) is 0.163. The molecule has 0 amide bonds. The fraction of sp³-hybridized carbons (Fsp3) is 0.786. The highest BCUT2D eigenvalue weighted by Crippen LogP contribution is 2.21. The van der Waals surface area contributed by atoms with Crippen LogP contribution < -0.4 is 4.74 Å². The Morgan fingerprint density at radius 2 is 0.971 bits per heavy atom. The predicted octanol–water partition coefficient (Wildman–Crippen LogP) is 3.56. The number of hydrogen-bond donors (Lipinski definition) is 4. The van der Waals surface area contributed by atoms with Crippen molar-refractivity contribution in [3.05, 3.63) is 29.3 Å². The Bertz CT molecular complexity index is 569. The first kappa shape index (κ1) is 31.8. The van der Waals surface area contributed by atoms with Gasteiger partial charge in [0.25, 0.3) is 0 Å². The number of ether oxygens (including phenoxy) is 1. The Morgan fingerprint density at radius 1 is 0.571 bits per heavy atom. The van der Waals surface area contributed by atoms with Crippen molar-refractivity contribution < 1.29 is 25.2 Å². The molecule has 0 bridgehead atoms. The van der Waals surface area contributed by atoms with Crippen LogP contribution in [0.25, 0.3) is 0 Å². The topological polar surface area (TPSA) is 96.6 Å². The Hall–Kier alpha value is -1.22. The van der Waals surface area contributed by atoms with E-state index in [2.05, 4.69) is 13.0 Å². The van der Waals surface area contributed by atoms with Gasteiger partial charge in [0, 0.05) is 39.3 Å². The first-order valence-electron chi connectivity index (χ1n) is 13.8. The van der Waals surface area contributed by atoms with Crippen LogP contribution in [0.3, 0.4) is 0 Å². The highest BCUT2D eigenvalue weighted by Gasteiger charge is 2.11. The number of aliphatic hydroxyl groups is 4. The summed E-state index contributed by atoms with van der Waals surface area (Å²) in [7, 11) is 0. The first-order valence-corrected chi connectivity index (χ1v) is 13.8. The zero-order chi connectivity index (χ0) is 25.6. The summed E-state index contributed by atoms with van der Waals surface area (Å²) in [6.45, 7) is 6.35. The van der Waals surface area contributed by atoms with Gasteiger partial charge in [0.15, 0.2) is 0 Å². The van der Waals surface area contributed by atoms with Crippen molar-refractivity contribution in [2.24, 2.45) is 0 Å². The molecule has 0 spiro atoms. The molecule has 0 aromatic heterocycles. The lowest BCUT2D eigenvalue weighted by molar-refractivity contribution is 0.154. The molecule has 0 unspecified atom stereocenters. The molecule has 0 aliphatic carbocycles. The summed E-state index contributed by atoms with van der Waals surface area (Å²) in [4.78, 5) is 4.04. The van der Waals surface area contributed by atoms with Gasteiger partial charge in [-0.15, -0.1) is 0 Å². The minimum absolute atomic E-state index is 0.0442. The number of rotatable bonds is 24. The Balaban J connectivity index is 2.62. The smallest absolute Gasteiger partial charge is 0.119 e. The number of nitrogens with zero attached hydrogens (tertiary/aromatic N) is 2. The predicted molar refractivity (Wildman–Crippen MR) is 143 cm³/mol. The lowest BCUT2D eigenvalue weighted by atomic mass is 10.1. The molecular weight excluding hydrogens is 444 g/mol. The summed E-state index contributed by atoms with van der Waals surface area (Å²) in [6, 6.07) is 6.20. The fourth-order valence-electron chi connectivity index (χ4n) is 4.40. The molecule has 1 rings (SSSR count). The van der Waals surface area contributed by atoms with E-state index < -0.39 is 0 Å². The molecule has 0 saturated carbocycles. The van der Waals surface area contributed by atoms with Crippen LogP contribution in [0.2, 0.25) is 0 Å². The van der Waals surface area contributed by atoms with E-state index in [0.29, 0.717) is 45.9 Å². The molecule has 0 atom stereocenters. The summed E-state index contributed by atoms with van der Waals surface area (Å²) in [6.07, 6.45) is 12.9. The number of hydrogen-bond acceptors (Lipinski definition) is 7. The molecule has 1 aromatic carbocycles. The van der Waals surface area contributed by atoms with Gasteiger partial charge >= 0.3 is 0 Å². The van der Waals surface area contributed by atoms with Crippen LogP contribution in [-0.2, 0) is 13.1 Å². The van der Waals surface area contributed by atoms with Gasteiger partial charge in [-0.2, -0.15) is 0 Å². The van der Waals surface area contributed by atoms with E-state index in [4.69, 9.17) is 4.74 Å². The maximum atomic E-state index is 9.35. The Labute approximate surface area is 213 Å². The van der Waals surface area contributed by atoms with Crippen LogP contribution in [0, 0.1) is 0 Å². The third-order valence-corrected chi connectivity index (χ3v) is 6.27.